The van der Waals surface area contributed by atoms with Gasteiger partial charge in [0.25, 0.3) is 0 Å². The molecule has 19 heteroatoms. The molecule has 3 N–H and O–H groups in total. The Hall–Kier alpha value is -1.94. The first-order valence-electron chi connectivity index (χ1n) is 40.7. The first kappa shape index (κ1) is 96.1. The van der Waals surface area contributed by atoms with Crippen molar-refractivity contribution in [3.8, 4) is 0 Å². The Bertz CT molecular complexity index is 1920. The van der Waals surface area contributed by atoms with Crippen molar-refractivity contribution in [1.82, 2.24) is 0 Å². The number of aliphatic hydroxyl groups is 1. The number of carbonyl (C=O) groups is 4. The molecular formula is C79H154O17P2. The number of esters is 4. The van der Waals surface area contributed by atoms with E-state index in [9.17, 15) is 43.2 Å². The number of phosphoric acid groups is 2. The Morgan fingerprint density at radius 1 is 0.286 bits per heavy atom. The molecule has 0 amide bonds. The van der Waals surface area contributed by atoms with Crippen molar-refractivity contribution in [1.29, 1.82) is 0 Å². The lowest BCUT2D eigenvalue weighted by atomic mass is 9.99. The summed E-state index contributed by atoms with van der Waals surface area (Å²) in [5, 5.41) is 10.6. The molecule has 0 saturated carbocycles. The quantitative estimate of drug-likeness (QED) is 0.0222. The van der Waals surface area contributed by atoms with Crippen molar-refractivity contribution in [2.24, 2.45) is 23.7 Å². The van der Waals surface area contributed by atoms with E-state index in [1.54, 1.807) is 0 Å². The standard InChI is InChI=1S/C79H154O17P2/c1-9-72(8)58-50-42-33-27-20-16-14-12-10-11-13-15-17-21-29-35-45-53-61-78(83)96-75(66-90-77(82)60-52-44-38-37-41-49-57-71(6)7)68-94-98(87,88)92-64-73(80)63-91-97(85,86)93-67-74(95-79(84)62-54-46-36-30-24-23-26-32-40-48-56-70(4)5)65-89-76(81)59-51-43-34-28-22-18-19-25-31-39-47-55-69(2)3/h69-75,80H,9-68H2,1-8H3,(H,85,86)(H,87,88)/t72?,73-,74-,75-/m1/s1. The van der Waals surface area contributed by atoms with Gasteiger partial charge >= 0.3 is 39.5 Å². The van der Waals surface area contributed by atoms with Crippen LogP contribution in [0, 0.1) is 23.7 Å². The molecule has 582 valence electrons. The molecule has 0 aliphatic heterocycles. The van der Waals surface area contributed by atoms with Gasteiger partial charge in [-0.05, 0) is 49.4 Å². The van der Waals surface area contributed by atoms with E-state index in [4.69, 9.17) is 37.0 Å². The van der Waals surface area contributed by atoms with Gasteiger partial charge in [-0.1, -0.05) is 351 Å². The lowest BCUT2D eigenvalue weighted by molar-refractivity contribution is -0.161. The monoisotopic (exact) mass is 1440 g/mol. The first-order valence-corrected chi connectivity index (χ1v) is 43.7. The summed E-state index contributed by atoms with van der Waals surface area (Å²) in [6, 6.07) is 0. The summed E-state index contributed by atoms with van der Waals surface area (Å²) < 4.78 is 68.6. The van der Waals surface area contributed by atoms with Gasteiger partial charge in [0, 0.05) is 25.7 Å². The summed E-state index contributed by atoms with van der Waals surface area (Å²) in [6.07, 6.45) is 54.3. The van der Waals surface area contributed by atoms with Crippen molar-refractivity contribution >= 4 is 39.5 Å². The van der Waals surface area contributed by atoms with Gasteiger partial charge in [-0.15, -0.1) is 0 Å². The lowest BCUT2D eigenvalue weighted by Gasteiger charge is -2.21. The van der Waals surface area contributed by atoms with E-state index in [1.165, 1.54) is 199 Å². The molecule has 0 spiro atoms. The van der Waals surface area contributed by atoms with Gasteiger partial charge in [-0.3, -0.25) is 37.3 Å². The van der Waals surface area contributed by atoms with Gasteiger partial charge in [0.15, 0.2) is 12.2 Å². The van der Waals surface area contributed by atoms with E-state index >= 15 is 0 Å². The molecule has 0 rings (SSSR count). The van der Waals surface area contributed by atoms with E-state index in [0.717, 1.165) is 114 Å². The van der Waals surface area contributed by atoms with Crippen molar-refractivity contribution in [3.63, 3.8) is 0 Å². The molecule has 6 atom stereocenters. The molecule has 0 aromatic carbocycles. The van der Waals surface area contributed by atoms with Gasteiger partial charge in [-0.2, -0.15) is 0 Å². The number of unbranched alkanes of at least 4 members (excludes halogenated alkanes) is 41. The van der Waals surface area contributed by atoms with Gasteiger partial charge in [0.2, 0.25) is 0 Å². The summed E-state index contributed by atoms with van der Waals surface area (Å²) >= 11 is 0. The molecule has 0 bridgehead atoms. The molecule has 98 heavy (non-hydrogen) atoms. The zero-order valence-corrected chi connectivity index (χ0v) is 66.2. The normalized spacial score (nSPS) is 14.3. The minimum Gasteiger partial charge on any atom is -0.462 e. The summed E-state index contributed by atoms with van der Waals surface area (Å²) in [5.74, 6) is 0.954. The van der Waals surface area contributed by atoms with Crippen LogP contribution < -0.4 is 0 Å². The fraction of sp³-hybridized carbons (Fsp3) is 0.949. The maximum atomic E-state index is 13.1. The van der Waals surface area contributed by atoms with Crippen LogP contribution in [0.3, 0.4) is 0 Å². The second-order valence-corrected chi connectivity index (χ2v) is 33.0. The molecule has 0 aliphatic rings. The summed E-state index contributed by atoms with van der Waals surface area (Å²) in [5.41, 5.74) is 0. The largest absolute Gasteiger partial charge is 0.472 e. The van der Waals surface area contributed by atoms with Crippen LogP contribution in [0.2, 0.25) is 0 Å². The van der Waals surface area contributed by atoms with Crippen molar-refractivity contribution < 1.29 is 80.2 Å². The second-order valence-electron chi connectivity index (χ2n) is 30.1. The van der Waals surface area contributed by atoms with E-state index < -0.39 is 97.5 Å². The number of hydrogen-bond donors (Lipinski definition) is 3. The van der Waals surface area contributed by atoms with Crippen molar-refractivity contribution in [3.05, 3.63) is 0 Å². The average molecular weight is 1440 g/mol. The fourth-order valence-electron chi connectivity index (χ4n) is 12.0. The SMILES string of the molecule is CCC(C)CCCCCCCCCCCCCCCCCCCCC(=O)O[C@H](COC(=O)CCCCCCCCC(C)C)COP(=O)(O)OC[C@H](O)COP(=O)(O)OC[C@@H](COC(=O)CCCCCCCCCCCCCC(C)C)OC(=O)CCCCCCCCCCCCC(C)C. The molecule has 0 fully saturated rings. The lowest BCUT2D eigenvalue weighted by Crippen LogP contribution is -2.30. The number of aliphatic hydroxyl groups excluding tert-OH is 1. The predicted octanol–water partition coefficient (Wildman–Crippen LogP) is 23.2. The maximum Gasteiger partial charge on any atom is 0.472 e. The van der Waals surface area contributed by atoms with Crippen LogP contribution in [0.5, 0.6) is 0 Å². The number of hydrogen-bond acceptors (Lipinski definition) is 15. The topological polar surface area (TPSA) is 237 Å². The maximum absolute atomic E-state index is 13.1. The van der Waals surface area contributed by atoms with Crippen LogP contribution in [0.15, 0.2) is 0 Å². The minimum absolute atomic E-state index is 0.105. The van der Waals surface area contributed by atoms with Crippen LogP contribution in [0.25, 0.3) is 0 Å². The van der Waals surface area contributed by atoms with Gasteiger partial charge in [0.1, 0.15) is 19.3 Å². The summed E-state index contributed by atoms with van der Waals surface area (Å²) in [6.45, 7) is 14.2. The Kier molecular flexibility index (Phi) is 66.8. The predicted molar refractivity (Wildman–Crippen MR) is 400 cm³/mol. The number of rotatable bonds is 76. The van der Waals surface area contributed by atoms with Gasteiger partial charge in [-0.25, -0.2) is 9.13 Å². The van der Waals surface area contributed by atoms with Crippen LogP contribution in [0.4, 0.5) is 0 Å². The van der Waals surface area contributed by atoms with E-state index in [1.807, 2.05) is 0 Å². The van der Waals surface area contributed by atoms with Crippen LogP contribution in [-0.4, -0.2) is 96.7 Å². The third-order valence-corrected chi connectivity index (χ3v) is 20.6. The smallest absolute Gasteiger partial charge is 0.462 e. The Morgan fingerprint density at radius 3 is 0.724 bits per heavy atom. The highest BCUT2D eigenvalue weighted by Gasteiger charge is 2.30. The van der Waals surface area contributed by atoms with Gasteiger partial charge in [0.05, 0.1) is 26.4 Å². The van der Waals surface area contributed by atoms with Crippen LogP contribution in [-0.2, 0) is 65.4 Å². The zero-order valence-electron chi connectivity index (χ0n) is 64.4. The summed E-state index contributed by atoms with van der Waals surface area (Å²) in [7, 11) is -9.92. The fourth-order valence-corrected chi connectivity index (χ4v) is 13.6. The van der Waals surface area contributed by atoms with E-state index in [-0.39, 0.29) is 25.7 Å². The van der Waals surface area contributed by atoms with E-state index in [2.05, 4.69) is 55.4 Å². The molecule has 0 aliphatic carbocycles. The van der Waals surface area contributed by atoms with Gasteiger partial charge < -0.3 is 33.8 Å². The third kappa shape index (κ3) is 71.1. The third-order valence-electron chi connectivity index (χ3n) is 18.7. The Balaban J connectivity index is 5.17. The second kappa shape index (κ2) is 68.2. The summed E-state index contributed by atoms with van der Waals surface area (Å²) in [4.78, 5) is 72.9. The molecule has 0 aromatic rings. The van der Waals surface area contributed by atoms with Crippen LogP contribution in [0.1, 0.15) is 402 Å². The number of carbonyl (C=O) groups excluding carboxylic acids is 4. The first-order chi connectivity index (χ1) is 47.1. The average Bonchev–Trinajstić information content (AvgIpc) is 1.04. The number of ether oxygens (including phenoxy) is 4. The molecule has 0 saturated heterocycles. The molecule has 0 radical (unpaired) electrons. The van der Waals surface area contributed by atoms with E-state index in [0.29, 0.717) is 31.6 Å². The molecule has 0 aromatic heterocycles. The highest BCUT2D eigenvalue weighted by atomic mass is 31.2. The molecule has 0 heterocycles. The molecule has 17 nitrogen and oxygen atoms in total. The highest BCUT2D eigenvalue weighted by molar-refractivity contribution is 7.47. The zero-order chi connectivity index (χ0) is 72.4. The molecular weight excluding hydrogens is 1280 g/mol. The van der Waals surface area contributed by atoms with Crippen molar-refractivity contribution in [2.75, 3.05) is 39.6 Å². The Labute approximate surface area is 600 Å². The number of phosphoric ester groups is 2. The van der Waals surface area contributed by atoms with Crippen LogP contribution >= 0.6 is 15.6 Å². The Morgan fingerprint density at radius 2 is 0.490 bits per heavy atom. The highest BCUT2D eigenvalue weighted by Crippen LogP contribution is 2.45. The van der Waals surface area contributed by atoms with Crippen molar-refractivity contribution in [2.45, 2.75) is 420 Å². The molecule has 3 unspecified atom stereocenters. The minimum atomic E-state index is -4.96.